The van der Waals surface area contributed by atoms with E-state index in [1.54, 1.807) is 0 Å². The third-order valence-electron chi connectivity index (χ3n) is 4.04. The van der Waals surface area contributed by atoms with Gasteiger partial charge in [-0.3, -0.25) is 4.79 Å². The van der Waals surface area contributed by atoms with E-state index in [0.717, 1.165) is 39.0 Å². The molecule has 0 aromatic carbocycles. The smallest absolute Gasteiger partial charge is 0.236 e. The predicted molar refractivity (Wildman–Crippen MR) is 68.9 cm³/mol. The second-order valence-electron chi connectivity index (χ2n) is 5.93. The van der Waals surface area contributed by atoms with Gasteiger partial charge in [0.1, 0.15) is 0 Å². The Bertz CT molecular complexity index is 274. The van der Waals surface area contributed by atoms with E-state index in [2.05, 4.69) is 24.5 Å². The molecule has 2 heterocycles. The van der Waals surface area contributed by atoms with E-state index < -0.39 is 0 Å². The summed E-state index contributed by atoms with van der Waals surface area (Å²) in [5.41, 5.74) is 0.108. The monoisotopic (exact) mass is 239 g/mol. The molecule has 0 spiro atoms. The molecule has 0 aliphatic carbocycles. The van der Waals surface area contributed by atoms with Gasteiger partial charge in [-0.25, -0.2) is 0 Å². The second kappa shape index (κ2) is 5.36. The lowest BCUT2D eigenvalue weighted by Gasteiger charge is -2.32. The van der Waals surface area contributed by atoms with Crippen molar-refractivity contribution in [3.8, 4) is 0 Å². The molecule has 98 valence electrons. The standard InChI is InChI=1S/C13H25N3O/c1-11-4-3-7-16(9-11)12(17)8-15-13(2)5-6-14-10-13/h11,14-15H,3-10H2,1-2H3. The summed E-state index contributed by atoms with van der Waals surface area (Å²) < 4.78 is 0. The van der Waals surface area contributed by atoms with Crippen LogP contribution in [0, 0.1) is 5.92 Å². The molecular weight excluding hydrogens is 214 g/mol. The van der Waals surface area contributed by atoms with Crippen LogP contribution in [0.3, 0.4) is 0 Å². The number of nitrogens with one attached hydrogen (secondary N) is 2. The fraction of sp³-hybridized carbons (Fsp3) is 0.923. The molecule has 2 fully saturated rings. The minimum absolute atomic E-state index is 0.108. The zero-order valence-electron chi connectivity index (χ0n) is 11.1. The lowest BCUT2D eigenvalue weighted by atomic mass is 10.00. The van der Waals surface area contributed by atoms with Crippen molar-refractivity contribution >= 4 is 5.91 Å². The number of hydrogen-bond donors (Lipinski definition) is 2. The normalized spacial score (nSPS) is 34.0. The molecule has 2 aliphatic heterocycles. The zero-order chi connectivity index (χ0) is 12.3. The average Bonchev–Trinajstić information content (AvgIpc) is 2.74. The van der Waals surface area contributed by atoms with Crippen molar-refractivity contribution in [1.29, 1.82) is 0 Å². The SMILES string of the molecule is CC1CCCN(C(=O)CNC2(C)CCNC2)C1. The highest BCUT2D eigenvalue weighted by molar-refractivity contribution is 5.78. The van der Waals surface area contributed by atoms with E-state index in [4.69, 9.17) is 0 Å². The molecule has 0 radical (unpaired) electrons. The predicted octanol–water partition coefficient (Wildman–Crippen LogP) is 0.587. The highest BCUT2D eigenvalue weighted by atomic mass is 16.2. The van der Waals surface area contributed by atoms with Gasteiger partial charge < -0.3 is 15.5 Å². The van der Waals surface area contributed by atoms with Gasteiger partial charge in [0.05, 0.1) is 6.54 Å². The molecule has 2 rings (SSSR count). The van der Waals surface area contributed by atoms with Crippen LogP contribution in [0.5, 0.6) is 0 Å². The molecule has 2 unspecified atom stereocenters. The first-order valence-electron chi connectivity index (χ1n) is 6.83. The van der Waals surface area contributed by atoms with E-state index in [0.29, 0.717) is 12.5 Å². The largest absolute Gasteiger partial charge is 0.341 e. The van der Waals surface area contributed by atoms with Gasteiger partial charge in [0.2, 0.25) is 5.91 Å². The van der Waals surface area contributed by atoms with Gasteiger partial charge in [-0.15, -0.1) is 0 Å². The maximum Gasteiger partial charge on any atom is 0.236 e. The molecule has 0 bridgehead atoms. The van der Waals surface area contributed by atoms with Crippen LogP contribution in [-0.2, 0) is 4.79 Å². The van der Waals surface area contributed by atoms with Crippen LogP contribution in [0.15, 0.2) is 0 Å². The Balaban J connectivity index is 1.76. The van der Waals surface area contributed by atoms with E-state index in [9.17, 15) is 4.79 Å². The van der Waals surface area contributed by atoms with E-state index in [1.165, 1.54) is 6.42 Å². The summed E-state index contributed by atoms with van der Waals surface area (Å²) >= 11 is 0. The number of carbonyl (C=O) groups excluding carboxylic acids is 1. The minimum atomic E-state index is 0.108. The van der Waals surface area contributed by atoms with Gasteiger partial charge in [-0.1, -0.05) is 6.92 Å². The molecule has 1 amide bonds. The quantitative estimate of drug-likeness (QED) is 0.757. The summed E-state index contributed by atoms with van der Waals surface area (Å²) in [4.78, 5) is 14.1. The molecule has 0 aromatic rings. The molecule has 2 atom stereocenters. The van der Waals surface area contributed by atoms with Crippen LogP contribution in [0.4, 0.5) is 0 Å². The number of hydrogen-bond acceptors (Lipinski definition) is 3. The van der Waals surface area contributed by atoms with Crippen molar-refractivity contribution in [3.63, 3.8) is 0 Å². The topological polar surface area (TPSA) is 44.4 Å². The number of piperidine rings is 1. The van der Waals surface area contributed by atoms with Crippen molar-refractivity contribution in [2.45, 2.75) is 38.6 Å². The Hall–Kier alpha value is -0.610. The van der Waals surface area contributed by atoms with Gasteiger partial charge >= 0.3 is 0 Å². The number of nitrogens with zero attached hydrogens (tertiary/aromatic N) is 1. The van der Waals surface area contributed by atoms with Gasteiger partial charge in [0.15, 0.2) is 0 Å². The van der Waals surface area contributed by atoms with Crippen molar-refractivity contribution in [3.05, 3.63) is 0 Å². The van der Waals surface area contributed by atoms with Crippen LogP contribution in [0.2, 0.25) is 0 Å². The number of carbonyl (C=O) groups is 1. The summed E-state index contributed by atoms with van der Waals surface area (Å²) in [6.45, 7) is 8.82. The first-order valence-corrected chi connectivity index (χ1v) is 6.83. The van der Waals surface area contributed by atoms with Crippen LogP contribution in [0.25, 0.3) is 0 Å². The molecule has 0 saturated carbocycles. The molecule has 4 nitrogen and oxygen atoms in total. The highest BCUT2D eigenvalue weighted by Gasteiger charge is 2.29. The summed E-state index contributed by atoms with van der Waals surface area (Å²) in [6.07, 6.45) is 3.53. The Kier molecular flexibility index (Phi) is 4.05. The fourth-order valence-electron chi connectivity index (χ4n) is 2.78. The minimum Gasteiger partial charge on any atom is -0.341 e. The lowest BCUT2D eigenvalue weighted by Crippen LogP contribution is -2.50. The second-order valence-corrected chi connectivity index (χ2v) is 5.93. The van der Waals surface area contributed by atoms with Crippen molar-refractivity contribution in [2.24, 2.45) is 5.92 Å². The third kappa shape index (κ3) is 3.42. The molecule has 2 aliphatic rings. The third-order valence-corrected chi connectivity index (χ3v) is 4.04. The van der Waals surface area contributed by atoms with Gasteiger partial charge in [0, 0.05) is 25.2 Å². The van der Waals surface area contributed by atoms with Crippen LogP contribution >= 0.6 is 0 Å². The Morgan fingerprint density at radius 2 is 2.41 bits per heavy atom. The van der Waals surface area contributed by atoms with E-state index >= 15 is 0 Å². The Morgan fingerprint density at radius 1 is 1.59 bits per heavy atom. The summed E-state index contributed by atoms with van der Waals surface area (Å²) in [7, 11) is 0. The summed E-state index contributed by atoms with van der Waals surface area (Å²) in [5, 5.41) is 6.75. The zero-order valence-corrected chi connectivity index (χ0v) is 11.1. The van der Waals surface area contributed by atoms with Crippen LogP contribution in [0.1, 0.15) is 33.1 Å². The van der Waals surface area contributed by atoms with Crippen molar-refractivity contribution in [1.82, 2.24) is 15.5 Å². The van der Waals surface area contributed by atoms with Crippen molar-refractivity contribution in [2.75, 3.05) is 32.7 Å². The fourth-order valence-corrected chi connectivity index (χ4v) is 2.78. The molecular formula is C13H25N3O. The van der Waals surface area contributed by atoms with Crippen LogP contribution < -0.4 is 10.6 Å². The molecule has 2 saturated heterocycles. The van der Waals surface area contributed by atoms with E-state index in [-0.39, 0.29) is 11.4 Å². The molecule has 0 aromatic heterocycles. The summed E-state index contributed by atoms with van der Waals surface area (Å²) in [5.74, 6) is 0.932. The Morgan fingerprint density at radius 3 is 3.06 bits per heavy atom. The van der Waals surface area contributed by atoms with Gasteiger partial charge in [-0.2, -0.15) is 0 Å². The Labute approximate surface area is 104 Å². The summed E-state index contributed by atoms with van der Waals surface area (Å²) in [6, 6.07) is 0. The average molecular weight is 239 g/mol. The van der Waals surface area contributed by atoms with Gasteiger partial charge in [0.25, 0.3) is 0 Å². The molecule has 17 heavy (non-hydrogen) atoms. The number of rotatable bonds is 3. The molecule has 4 heteroatoms. The lowest BCUT2D eigenvalue weighted by molar-refractivity contribution is -0.132. The first kappa shape index (κ1) is 12.8. The first-order chi connectivity index (χ1) is 8.09. The number of likely N-dealkylation sites (tertiary alicyclic amines) is 1. The number of amides is 1. The molecule has 2 N–H and O–H groups in total. The van der Waals surface area contributed by atoms with Gasteiger partial charge in [-0.05, 0) is 38.6 Å². The maximum absolute atomic E-state index is 12.1. The van der Waals surface area contributed by atoms with Crippen LogP contribution in [-0.4, -0.2) is 49.1 Å². The highest BCUT2D eigenvalue weighted by Crippen LogP contribution is 2.16. The van der Waals surface area contributed by atoms with E-state index in [1.807, 2.05) is 4.90 Å². The maximum atomic E-state index is 12.1. The van der Waals surface area contributed by atoms with Crippen molar-refractivity contribution < 1.29 is 4.79 Å².